The first kappa shape index (κ1) is 7.17. The molecule has 1 heterocycles. The van der Waals surface area contributed by atoms with Crippen molar-refractivity contribution in [3.63, 3.8) is 0 Å². The number of aromatic nitrogens is 3. The van der Waals surface area contributed by atoms with Gasteiger partial charge in [-0.3, -0.25) is 5.21 Å². The van der Waals surface area contributed by atoms with Gasteiger partial charge < -0.3 is 0 Å². The summed E-state index contributed by atoms with van der Waals surface area (Å²) in [5.41, 5.74) is 1.76. The van der Waals surface area contributed by atoms with Crippen molar-refractivity contribution in [2.75, 3.05) is 5.48 Å². The Hall–Kier alpha value is -0.940. The predicted octanol–water partition coefficient (Wildman–Crippen LogP) is 0.635. The van der Waals surface area contributed by atoms with E-state index in [2.05, 4.69) is 15.0 Å². The lowest BCUT2D eigenvalue weighted by molar-refractivity contribution is 0.382. The minimum atomic E-state index is 0.0532. The molecule has 1 rings (SSSR count). The highest BCUT2D eigenvalue weighted by Gasteiger charge is 1.97. The molecule has 0 aliphatic carbocycles. The van der Waals surface area contributed by atoms with Gasteiger partial charge in [0.15, 0.2) is 0 Å². The van der Waals surface area contributed by atoms with E-state index in [-0.39, 0.29) is 11.2 Å². The first-order chi connectivity index (χ1) is 4.72. The summed E-state index contributed by atoms with van der Waals surface area (Å²) in [6.45, 7) is 1.65. The second-order valence-corrected chi connectivity index (χ2v) is 1.93. The van der Waals surface area contributed by atoms with E-state index in [9.17, 15) is 0 Å². The standard InChI is InChI=1S/C4H5ClN4O/c1-2-6-3(5)8-4(7-2)9-10/h10H,1H3,(H,6,7,8,9). The summed E-state index contributed by atoms with van der Waals surface area (Å²) >= 11 is 5.42. The Morgan fingerprint density at radius 2 is 2.10 bits per heavy atom. The normalized spacial score (nSPS) is 9.50. The molecule has 0 spiro atoms. The molecule has 5 nitrogen and oxygen atoms in total. The van der Waals surface area contributed by atoms with Gasteiger partial charge in [-0.15, -0.1) is 0 Å². The predicted molar refractivity (Wildman–Crippen MR) is 35.0 cm³/mol. The Labute approximate surface area is 62.1 Å². The molecular weight excluding hydrogens is 156 g/mol. The SMILES string of the molecule is Cc1nc(Cl)nc(NO)n1. The van der Waals surface area contributed by atoms with E-state index in [0.717, 1.165) is 0 Å². The second kappa shape index (κ2) is 2.76. The molecule has 1 aromatic heterocycles. The van der Waals surface area contributed by atoms with Crippen LogP contribution in [0.5, 0.6) is 0 Å². The fraction of sp³-hybridized carbons (Fsp3) is 0.250. The maximum atomic E-state index is 8.33. The van der Waals surface area contributed by atoms with Crippen LogP contribution in [0.3, 0.4) is 0 Å². The lowest BCUT2D eigenvalue weighted by atomic mass is 10.7. The van der Waals surface area contributed by atoms with Crippen LogP contribution in [0.4, 0.5) is 5.95 Å². The summed E-state index contributed by atoms with van der Waals surface area (Å²) in [6, 6.07) is 0. The minimum Gasteiger partial charge on any atom is -0.288 e. The van der Waals surface area contributed by atoms with E-state index in [4.69, 9.17) is 16.8 Å². The Balaban J connectivity index is 3.06. The molecule has 0 aromatic carbocycles. The molecule has 6 heteroatoms. The molecule has 0 saturated heterocycles. The number of aryl methyl sites for hydroxylation is 1. The summed E-state index contributed by atoms with van der Waals surface area (Å²) in [6.07, 6.45) is 0. The van der Waals surface area contributed by atoms with Crippen molar-refractivity contribution in [2.24, 2.45) is 0 Å². The maximum absolute atomic E-state index is 8.33. The summed E-state index contributed by atoms with van der Waals surface area (Å²) < 4.78 is 0. The molecule has 54 valence electrons. The molecule has 10 heavy (non-hydrogen) atoms. The number of anilines is 1. The molecule has 0 fully saturated rings. The highest BCUT2D eigenvalue weighted by atomic mass is 35.5. The molecule has 1 aromatic rings. The second-order valence-electron chi connectivity index (χ2n) is 1.59. The van der Waals surface area contributed by atoms with Crippen molar-refractivity contribution >= 4 is 17.5 Å². The third-order valence-corrected chi connectivity index (χ3v) is 0.989. The van der Waals surface area contributed by atoms with Crippen LogP contribution in [0.15, 0.2) is 0 Å². The first-order valence-electron chi connectivity index (χ1n) is 2.50. The van der Waals surface area contributed by atoms with Gasteiger partial charge in [0.1, 0.15) is 5.82 Å². The topological polar surface area (TPSA) is 70.9 Å². The van der Waals surface area contributed by atoms with Crippen LogP contribution in [0, 0.1) is 6.92 Å². The van der Waals surface area contributed by atoms with Gasteiger partial charge >= 0.3 is 0 Å². The molecule has 0 amide bonds. The average molecular weight is 161 g/mol. The van der Waals surface area contributed by atoms with E-state index in [1.807, 2.05) is 0 Å². The lowest BCUT2D eigenvalue weighted by Crippen LogP contribution is -2.00. The third kappa shape index (κ3) is 1.52. The number of halogens is 1. The molecule has 0 unspecified atom stereocenters. The van der Waals surface area contributed by atoms with Crippen molar-refractivity contribution in [2.45, 2.75) is 6.92 Å². The number of hydrogen-bond acceptors (Lipinski definition) is 5. The zero-order chi connectivity index (χ0) is 7.56. The van der Waals surface area contributed by atoms with Crippen LogP contribution >= 0.6 is 11.6 Å². The molecule has 0 bridgehead atoms. The number of hydrogen-bond donors (Lipinski definition) is 2. The van der Waals surface area contributed by atoms with Gasteiger partial charge in [-0.1, -0.05) is 0 Å². The number of nitrogens with zero attached hydrogens (tertiary/aromatic N) is 3. The number of rotatable bonds is 1. The van der Waals surface area contributed by atoms with Crippen LogP contribution < -0.4 is 5.48 Å². The average Bonchev–Trinajstić information content (AvgIpc) is 1.85. The van der Waals surface area contributed by atoms with Gasteiger partial charge in [-0.05, 0) is 18.5 Å². The third-order valence-electron chi connectivity index (χ3n) is 0.820. The van der Waals surface area contributed by atoms with Crippen LogP contribution in [0.2, 0.25) is 5.28 Å². The van der Waals surface area contributed by atoms with Crippen LogP contribution in [0.1, 0.15) is 5.82 Å². The molecule has 0 aliphatic heterocycles. The quantitative estimate of drug-likeness (QED) is 0.590. The molecule has 2 N–H and O–H groups in total. The van der Waals surface area contributed by atoms with Gasteiger partial charge in [0.25, 0.3) is 5.95 Å². The largest absolute Gasteiger partial charge is 0.288 e. The molecule has 0 saturated carbocycles. The molecular formula is C4H5ClN4O. The van der Waals surface area contributed by atoms with E-state index < -0.39 is 0 Å². The van der Waals surface area contributed by atoms with Crippen LogP contribution in [-0.4, -0.2) is 20.2 Å². The Kier molecular flexibility index (Phi) is 1.98. The molecule has 0 aliphatic rings. The zero-order valence-electron chi connectivity index (χ0n) is 5.17. The summed E-state index contributed by atoms with van der Waals surface area (Å²) in [5, 5.41) is 8.38. The van der Waals surface area contributed by atoms with Crippen molar-refractivity contribution in [3.8, 4) is 0 Å². The van der Waals surface area contributed by atoms with Crippen LogP contribution in [-0.2, 0) is 0 Å². The van der Waals surface area contributed by atoms with Crippen molar-refractivity contribution < 1.29 is 5.21 Å². The first-order valence-corrected chi connectivity index (χ1v) is 2.88. The van der Waals surface area contributed by atoms with Crippen molar-refractivity contribution in [1.29, 1.82) is 0 Å². The lowest BCUT2D eigenvalue weighted by Gasteiger charge is -1.96. The monoisotopic (exact) mass is 160 g/mol. The number of nitrogens with one attached hydrogen (secondary N) is 1. The molecule has 0 atom stereocenters. The van der Waals surface area contributed by atoms with Gasteiger partial charge in [0.05, 0.1) is 0 Å². The summed E-state index contributed by atoms with van der Waals surface area (Å²) in [4.78, 5) is 10.9. The zero-order valence-corrected chi connectivity index (χ0v) is 5.92. The maximum Gasteiger partial charge on any atom is 0.251 e. The minimum absolute atomic E-state index is 0.0532. The summed E-state index contributed by atoms with van der Waals surface area (Å²) in [7, 11) is 0. The Morgan fingerprint density at radius 1 is 1.40 bits per heavy atom. The van der Waals surface area contributed by atoms with Gasteiger partial charge in [0.2, 0.25) is 5.28 Å². The fourth-order valence-corrected chi connectivity index (χ4v) is 0.702. The Bertz CT molecular complexity index is 220. The highest BCUT2D eigenvalue weighted by Crippen LogP contribution is 2.03. The Morgan fingerprint density at radius 3 is 2.60 bits per heavy atom. The fourth-order valence-electron chi connectivity index (χ4n) is 0.499. The van der Waals surface area contributed by atoms with E-state index in [1.54, 1.807) is 12.4 Å². The van der Waals surface area contributed by atoms with Crippen molar-refractivity contribution in [3.05, 3.63) is 11.1 Å². The van der Waals surface area contributed by atoms with E-state index >= 15 is 0 Å². The van der Waals surface area contributed by atoms with Gasteiger partial charge in [-0.25, -0.2) is 10.5 Å². The summed E-state index contributed by atoms with van der Waals surface area (Å²) in [5.74, 6) is 0.508. The van der Waals surface area contributed by atoms with Gasteiger partial charge in [0, 0.05) is 0 Å². The van der Waals surface area contributed by atoms with Crippen molar-refractivity contribution in [1.82, 2.24) is 15.0 Å². The van der Waals surface area contributed by atoms with E-state index in [0.29, 0.717) is 5.82 Å². The van der Waals surface area contributed by atoms with Gasteiger partial charge in [-0.2, -0.15) is 9.97 Å². The highest BCUT2D eigenvalue weighted by molar-refractivity contribution is 6.28. The smallest absolute Gasteiger partial charge is 0.251 e. The molecule has 0 radical (unpaired) electrons. The van der Waals surface area contributed by atoms with Crippen LogP contribution in [0.25, 0.3) is 0 Å². The van der Waals surface area contributed by atoms with E-state index in [1.165, 1.54) is 0 Å².